The van der Waals surface area contributed by atoms with Crippen LogP contribution in [-0.4, -0.2) is 14.9 Å². The van der Waals surface area contributed by atoms with E-state index in [1.165, 1.54) is 11.1 Å². The molecule has 90 valence electrons. The maximum atomic E-state index is 10.3. The number of benzene rings is 1. The van der Waals surface area contributed by atoms with Crippen LogP contribution in [0, 0.1) is 20.8 Å². The molecule has 17 heavy (non-hydrogen) atoms. The van der Waals surface area contributed by atoms with Gasteiger partial charge in [0.05, 0.1) is 6.20 Å². The summed E-state index contributed by atoms with van der Waals surface area (Å²) in [5.74, 6) is 0. The lowest BCUT2D eigenvalue weighted by molar-refractivity contribution is 0.219. The van der Waals surface area contributed by atoms with E-state index in [0.29, 0.717) is 0 Å². The molecule has 2 aromatic rings. The molecule has 0 fully saturated rings. The Bertz CT molecular complexity index is 543. The van der Waals surface area contributed by atoms with Gasteiger partial charge in [-0.3, -0.25) is 4.68 Å². The molecule has 0 bridgehead atoms. The molecular formula is C14H18N2O. The zero-order valence-electron chi connectivity index (χ0n) is 10.7. The van der Waals surface area contributed by atoms with E-state index in [1.54, 1.807) is 10.9 Å². The SMILES string of the molecule is Cc1cc(C)c(C(O)c2cnn(C)c2)cc1C. The Morgan fingerprint density at radius 1 is 1.12 bits per heavy atom. The van der Waals surface area contributed by atoms with E-state index in [1.807, 2.05) is 20.2 Å². The van der Waals surface area contributed by atoms with E-state index < -0.39 is 6.10 Å². The molecule has 1 atom stereocenters. The van der Waals surface area contributed by atoms with Crippen molar-refractivity contribution in [1.29, 1.82) is 0 Å². The summed E-state index contributed by atoms with van der Waals surface area (Å²) in [7, 11) is 1.85. The fourth-order valence-electron chi connectivity index (χ4n) is 2.04. The second-order valence-electron chi connectivity index (χ2n) is 4.64. The van der Waals surface area contributed by atoms with Crippen molar-refractivity contribution in [2.75, 3.05) is 0 Å². The van der Waals surface area contributed by atoms with Crippen molar-refractivity contribution in [3.8, 4) is 0 Å². The fourth-order valence-corrected chi connectivity index (χ4v) is 2.04. The lowest BCUT2D eigenvalue weighted by atomic mass is 9.95. The molecule has 0 saturated carbocycles. The van der Waals surface area contributed by atoms with Crippen LogP contribution < -0.4 is 0 Å². The maximum Gasteiger partial charge on any atom is 0.107 e. The van der Waals surface area contributed by atoms with Gasteiger partial charge in [0.1, 0.15) is 6.10 Å². The number of aliphatic hydroxyl groups is 1. The number of hydrogen-bond acceptors (Lipinski definition) is 2. The highest BCUT2D eigenvalue weighted by Crippen LogP contribution is 2.26. The Morgan fingerprint density at radius 3 is 2.35 bits per heavy atom. The molecule has 1 N–H and O–H groups in total. The van der Waals surface area contributed by atoms with Gasteiger partial charge >= 0.3 is 0 Å². The molecule has 0 saturated heterocycles. The van der Waals surface area contributed by atoms with Crippen LogP contribution in [0.4, 0.5) is 0 Å². The standard InChI is InChI=1S/C14H18N2O/c1-9-5-11(3)13(6-10(9)2)14(17)12-7-15-16(4)8-12/h5-8,14,17H,1-4H3. The maximum absolute atomic E-state index is 10.3. The monoisotopic (exact) mass is 230 g/mol. The molecular weight excluding hydrogens is 212 g/mol. The highest BCUT2D eigenvalue weighted by Gasteiger charge is 2.15. The van der Waals surface area contributed by atoms with Crippen molar-refractivity contribution in [2.45, 2.75) is 26.9 Å². The lowest BCUT2D eigenvalue weighted by Crippen LogP contribution is -2.02. The molecule has 3 nitrogen and oxygen atoms in total. The lowest BCUT2D eigenvalue weighted by Gasteiger charge is -2.14. The van der Waals surface area contributed by atoms with Crippen LogP contribution in [0.3, 0.4) is 0 Å². The summed E-state index contributed by atoms with van der Waals surface area (Å²) in [5.41, 5.74) is 5.36. The molecule has 1 unspecified atom stereocenters. The Labute approximate surface area is 102 Å². The van der Waals surface area contributed by atoms with Gasteiger partial charge in [0, 0.05) is 18.8 Å². The van der Waals surface area contributed by atoms with Gasteiger partial charge in [0.15, 0.2) is 0 Å². The second-order valence-corrected chi connectivity index (χ2v) is 4.64. The van der Waals surface area contributed by atoms with Gasteiger partial charge in [-0.2, -0.15) is 5.10 Å². The molecule has 0 amide bonds. The quantitative estimate of drug-likeness (QED) is 0.860. The first-order valence-electron chi connectivity index (χ1n) is 5.73. The van der Waals surface area contributed by atoms with Crippen molar-refractivity contribution in [2.24, 2.45) is 7.05 Å². The smallest absolute Gasteiger partial charge is 0.107 e. The minimum absolute atomic E-state index is 0.594. The van der Waals surface area contributed by atoms with Crippen LogP contribution in [0.25, 0.3) is 0 Å². The normalized spacial score (nSPS) is 12.8. The third kappa shape index (κ3) is 2.24. The first-order valence-corrected chi connectivity index (χ1v) is 5.73. The highest BCUT2D eigenvalue weighted by molar-refractivity contribution is 5.40. The number of aliphatic hydroxyl groups excluding tert-OH is 1. The van der Waals surface area contributed by atoms with Gasteiger partial charge < -0.3 is 5.11 Å². The first kappa shape index (κ1) is 11.9. The second kappa shape index (κ2) is 4.34. The molecule has 0 aliphatic heterocycles. The summed E-state index contributed by atoms with van der Waals surface area (Å²) < 4.78 is 1.70. The molecule has 2 rings (SSSR count). The van der Waals surface area contributed by atoms with E-state index >= 15 is 0 Å². The Hall–Kier alpha value is -1.61. The van der Waals surface area contributed by atoms with Gasteiger partial charge in [-0.05, 0) is 43.0 Å². The Balaban J connectivity index is 2.43. The number of rotatable bonds is 2. The van der Waals surface area contributed by atoms with Crippen LogP contribution >= 0.6 is 0 Å². The Morgan fingerprint density at radius 2 is 1.76 bits per heavy atom. The topological polar surface area (TPSA) is 38.1 Å². The largest absolute Gasteiger partial charge is 0.384 e. The van der Waals surface area contributed by atoms with Crippen molar-refractivity contribution in [1.82, 2.24) is 9.78 Å². The molecule has 1 aromatic carbocycles. The van der Waals surface area contributed by atoms with Gasteiger partial charge in [-0.25, -0.2) is 0 Å². The minimum atomic E-state index is -0.594. The van der Waals surface area contributed by atoms with Crippen LogP contribution in [0.1, 0.15) is 33.9 Å². The predicted molar refractivity (Wildman–Crippen MR) is 67.9 cm³/mol. The molecule has 0 radical (unpaired) electrons. The van der Waals surface area contributed by atoms with Crippen LogP contribution in [0.15, 0.2) is 24.5 Å². The number of aromatic nitrogens is 2. The summed E-state index contributed by atoms with van der Waals surface area (Å²) in [6.07, 6.45) is 2.96. The minimum Gasteiger partial charge on any atom is -0.384 e. The van der Waals surface area contributed by atoms with E-state index in [0.717, 1.165) is 16.7 Å². The van der Waals surface area contributed by atoms with Crippen molar-refractivity contribution in [3.05, 3.63) is 52.3 Å². The third-order valence-corrected chi connectivity index (χ3v) is 3.22. The van der Waals surface area contributed by atoms with Gasteiger partial charge in [0.25, 0.3) is 0 Å². The van der Waals surface area contributed by atoms with Crippen LogP contribution in [0.5, 0.6) is 0 Å². The third-order valence-electron chi connectivity index (χ3n) is 3.22. The summed E-state index contributed by atoms with van der Waals surface area (Å²) in [5, 5.41) is 14.4. The summed E-state index contributed by atoms with van der Waals surface area (Å²) in [6, 6.07) is 4.17. The summed E-state index contributed by atoms with van der Waals surface area (Å²) in [6.45, 7) is 6.18. The van der Waals surface area contributed by atoms with Crippen LogP contribution in [-0.2, 0) is 7.05 Å². The van der Waals surface area contributed by atoms with Crippen LogP contribution in [0.2, 0.25) is 0 Å². The zero-order valence-corrected chi connectivity index (χ0v) is 10.7. The first-order chi connectivity index (χ1) is 7.99. The van der Waals surface area contributed by atoms with E-state index in [9.17, 15) is 5.11 Å². The average molecular weight is 230 g/mol. The summed E-state index contributed by atoms with van der Waals surface area (Å²) in [4.78, 5) is 0. The summed E-state index contributed by atoms with van der Waals surface area (Å²) >= 11 is 0. The number of aryl methyl sites for hydroxylation is 4. The van der Waals surface area contributed by atoms with E-state index in [4.69, 9.17) is 0 Å². The van der Waals surface area contributed by atoms with Crippen molar-refractivity contribution in [3.63, 3.8) is 0 Å². The highest BCUT2D eigenvalue weighted by atomic mass is 16.3. The fraction of sp³-hybridized carbons (Fsp3) is 0.357. The zero-order chi connectivity index (χ0) is 12.6. The van der Waals surface area contributed by atoms with Crippen molar-refractivity contribution < 1.29 is 5.11 Å². The van der Waals surface area contributed by atoms with Gasteiger partial charge in [0.2, 0.25) is 0 Å². The average Bonchev–Trinajstić information content (AvgIpc) is 2.69. The molecule has 1 heterocycles. The number of hydrogen-bond donors (Lipinski definition) is 1. The molecule has 0 aliphatic carbocycles. The molecule has 0 aliphatic rings. The van der Waals surface area contributed by atoms with E-state index in [-0.39, 0.29) is 0 Å². The van der Waals surface area contributed by atoms with Gasteiger partial charge in [-0.1, -0.05) is 12.1 Å². The van der Waals surface area contributed by atoms with Gasteiger partial charge in [-0.15, -0.1) is 0 Å². The number of nitrogens with zero attached hydrogens (tertiary/aromatic N) is 2. The molecule has 1 aromatic heterocycles. The van der Waals surface area contributed by atoms with Crippen molar-refractivity contribution >= 4 is 0 Å². The Kier molecular flexibility index (Phi) is 3.03. The molecule has 3 heteroatoms. The van der Waals surface area contributed by atoms with E-state index in [2.05, 4.69) is 31.1 Å². The predicted octanol–water partition coefficient (Wildman–Crippen LogP) is 2.43. The molecule has 0 spiro atoms.